The number of fused-ring (bicyclic) bond motifs is 1. The molecule has 7 nitrogen and oxygen atoms in total. The largest absolute Gasteiger partial charge is 0.322 e. The molecule has 2 atom stereocenters. The zero-order valence-corrected chi connectivity index (χ0v) is 22.4. The maximum Gasteiger partial charge on any atom is 0.243 e. The SMILES string of the molecule is CC(C)(C)S(=O)Nc1ccc(F)c(NC(=O)[C@H]2CCCN2S(=O)(=O)c2ccc3cc(Cl)ccc3c2)c1. The maximum atomic E-state index is 14.5. The summed E-state index contributed by atoms with van der Waals surface area (Å²) in [4.78, 5) is 13.2. The number of amides is 1. The van der Waals surface area contributed by atoms with E-state index in [0.717, 1.165) is 15.8 Å². The summed E-state index contributed by atoms with van der Waals surface area (Å²) < 4.78 is 57.2. The predicted molar refractivity (Wildman–Crippen MR) is 142 cm³/mol. The third kappa shape index (κ3) is 5.56. The molecule has 3 aromatic rings. The first-order valence-electron chi connectivity index (χ1n) is 11.4. The fraction of sp³-hybridized carbons (Fsp3) is 0.320. The van der Waals surface area contributed by atoms with Crippen LogP contribution in [0.5, 0.6) is 0 Å². The molecule has 3 aromatic carbocycles. The number of carbonyl (C=O) groups excluding carboxylic acids is 1. The number of anilines is 2. The molecule has 0 aliphatic carbocycles. The van der Waals surface area contributed by atoms with E-state index >= 15 is 0 Å². The van der Waals surface area contributed by atoms with Crippen LogP contribution in [0, 0.1) is 5.82 Å². The molecular weight excluding hydrogens is 525 g/mol. The van der Waals surface area contributed by atoms with E-state index in [2.05, 4.69) is 10.0 Å². The number of nitrogens with zero attached hydrogens (tertiary/aromatic N) is 1. The van der Waals surface area contributed by atoms with Crippen molar-refractivity contribution in [2.45, 2.75) is 49.3 Å². The Morgan fingerprint density at radius 2 is 1.78 bits per heavy atom. The van der Waals surface area contributed by atoms with Gasteiger partial charge in [-0.2, -0.15) is 4.31 Å². The number of rotatable bonds is 6. The van der Waals surface area contributed by atoms with Crippen LogP contribution in [0.15, 0.2) is 59.5 Å². The summed E-state index contributed by atoms with van der Waals surface area (Å²) in [5, 5.41) is 4.57. The summed E-state index contributed by atoms with van der Waals surface area (Å²) in [6, 6.07) is 12.8. The first kappa shape index (κ1) is 26.5. The highest BCUT2D eigenvalue weighted by Crippen LogP contribution is 2.30. The third-order valence-electron chi connectivity index (χ3n) is 5.88. The molecule has 0 spiro atoms. The Bertz CT molecular complexity index is 1460. The second-order valence-corrected chi connectivity index (χ2v) is 13.9. The molecule has 192 valence electrons. The van der Waals surface area contributed by atoms with Crippen molar-refractivity contribution in [1.29, 1.82) is 0 Å². The number of halogens is 2. The smallest absolute Gasteiger partial charge is 0.243 e. The lowest BCUT2D eigenvalue weighted by atomic mass is 10.1. The summed E-state index contributed by atoms with van der Waals surface area (Å²) in [6.07, 6.45) is 0.803. The molecule has 11 heteroatoms. The van der Waals surface area contributed by atoms with Gasteiger partial charge in [0.25, 0.3) is 0 Å². The summed E-state index contributed by atoms with van der Waals surface area (Å²) in [7, 11) is -5.43. The molecule has 1 saturated heterocycles. The van der Waals surface area contributed by atoms with E-state index in [1.54, 1.807) is 51.1 Å². The lowest BCUT2D eigenvalue weighted by Crippen LogP contribution is -2.43. The van der Waals surface area contributed by atoms with Crippen LogP contribution in [0.2, 0.25) is 5.02 Å². The van der Waals surface area contributed by atoms with Gasteiger partial charge in [0.15, 0.2) is 0 Å². The Balaban J connectivity index is 1.56. The first-order chi connectivity index (χ1) is 16.9. The zero-order valence-electron chi connectivity index (χ0n) is 20.0. The van der Waals surface area contributed by atoms with E-state index < -0.39 is 43.5 Å². The minimum atomic E-state index is -3.98. The van der Waals surface area contributed by atoms with E-state index in [1.807, 2.05) is 0 Å². The van der Waals surface area contributed by atoms with Crippen molar-refractivity contribution in [3.63, 3.8) is 0 Å². The Morgan fingerprint density at radius 3 is 2.50 bits per heavy atom. The molecule has 0 aromatic heterocycles. The van der Waals surface area contributed by atoms with Gasteiger partial charge < -0.3 is 10.0 Å². The van der Waals surface area contributed by atoms with Crippen LogP contribution in [0.3, 0.4) is 0 Å². The molecule has 0 saturated carbocycles. The molecule has 1 unspecified atom stereocenters. The van der Waals surface area contributed by atoms with Gasteiger partial charge in [-0.05, 0) is 86.8 Å². The number of nitrogens with one attached hydrogen (secondary N) is 2. The van der Waals surface area contributed by atoms with Gasteiger partial charge in [-0.25, -0.2) is 17.0 Å². The van der Waals surface area contributed by atoms with E-state index in [0.29, 0.717) is 28.9 Å². The standard InChI is InChI=1S/C25H27ClFN3O4S2/c1-25(2,3)35(32)29-19-9-11-21(27)22(15-19)28-24(31)23-5-4-12-30(23)36(33,34)20-10-7-16-13-18(26)8-6-17(16)14-20/h6-11,13-15,23,29H,4-5,12H2,1-3H3,(H,28,31)/t23-,35?/m1/s1. The molecule has 1 heterocycles. The molecule has 4 rings (SSSR count). The van der Waals surface area contributed by atoms with Gasteiger partial charge in [0, 0.05) is 17.3 Å². The van der Waals surface area contributed by atoms with Gasteiger partial charge in [0.2, 0.25) is 15.9 Å². The highest BCUT2D eigenvalue weighted by molar-refractivity contribution is 7.89. The number of benzene rings is 3. The van der Waals surface area contributed by atoms with E-state index in [1.165, 1.54) is 18.2 Å². The van der Waals surface area contributed by atoms with Gasteiger partial charge in [-0.1, -0.05) is 23.7 Å². The minimum Gasteiger partial charge on any atom is -0.322 e. The van der Waals surface area contributed by atoms with E-state index in [-0.39, 0.29) is 17.1 Å². The molecule has 2 N–H and O–H groups in total. The normalized spacial score (nSPS) is 17.8. The fourth-order valence-electron chi connectivity index (χ4n) is 3.94. The number of hydrogen-bond donors (Lipinski definition) is 2. The third-order valence-corrected chi connectivity index (χ3v) is 9.55. The lowest BCUT2D eigenvalue weighted by molar-refractivity contribution is -0.119. The van der Waals surface area contributed by atoms with Gasteiger partial charge in [0.05, 0.1) is 15.3 Å². The van der Waals surface area contributed by atoms with Gasteiger partial charge in [0.1, 0.15) is 22.8 Å². The highest BCUT2D eigenvalue weighted by Gasteiger charge is 2.39. The molecule has 1 amide bonds. The van der Waals surface area contributed by atoms with Crippen LogP contribution in [-0.4, -0.2) is 40.2 Å². The maximum absolute atomic E-state index is 14.5. The fourth-order valence-corrected chi connectivity index (χ4v) is 6.46. The first-order valence-corrected chi connectivity index (χ1v) is 14.3. The Morgan fingerprint density at radius 1 is 1.08 bits per heavy atom. The highest BCUT2D eigenvalue weighted by atomic mass is 35.5. The van der Waals surface area contributed by atoms with Gasteiger partial charge in [-0.15, -0.1) is 0 Å². The molecular formula is C25H27ClFN3O4S2. The van der Waals surface area contributed by atoms with Crippen LogP contribution >= 0.6 is 11.6 Å². The second kappa shape index (κ2) is 10.1. The van der Waals surface area contributed by atoms with E-state index in [9.17, 15) is 21.8 Å². The summed E-state index contributed by atoms with van der Waals surface area (Å²) in [5.41, 5.74) is 0.245. The summed E-state index contributed by atoms with van der Waals surface area (Å²) in [5.74, 6) is -1.31. The Hall–Kier alpha value is -2.53. The van der Waals surface area contributed by atoms with Crippen molar-refractivity contribution in [2.75, 3.05) is 16.6 Å². The average molecular weight is 552 g/mol. The summed E-state index contributed by atoms with van der Waals surface area (Å²) in [6.45, 7) is 5.56. The topological polar surface area (TPSA) is 95.6 Å². The minimum absolute atomic E-state index is 0.0686. The van der Waals surface area contributed by atoms with Crippen molar-refractivity contribution in [2.24, 2.45) is 0 Å². The number of sulfonamides is 1. The van der Waals surface area contributed by atoms with Crippen molar-refractivity contribution in [3.05, 3.63) is 65.4 Å². The van der Waals surface area contributed by atoms with Crippen LogP contribution in [0.4, 0.5) is 15.8 Å². The molecule has 1 fully saturated rings. The predicted octanol–water partition coefficient (Wildman–Crippen LogP) is 5.30. The Kier molecular flexibility index (Phi) is 7.43. The molecule has 0 bridgehead atoms. The summed E-state index contributed by atoms with van der Waals surface area (Å²) >= 11 is 6.02. The van der Waals surface area contributed by atoms with Crippen molar-refractivity contribution < 1.29 is 21.8 Å². The average Bonchev–Trinajstić information content (AvgIpc) is 3.31. The van der Waals surface area contributed by atoms with Gasteiger partial charge >= 0.3 is 0 Å². The number of hydrogen-bond acceptors (Lipinski definition) is 4. The van der Waals surface area contributed by atoms with E-state index in [4.69, 9.17) is 11.6 Å². The van der Waals surface area contributed by atoms with Crippen LogP contribution < -0.4 is 10.0 Å². The quantitative estimate of drug-likeness (QED) is 0.434. The molecule has 1 aliphatic rings. The van der Waals surface area contributed by atoms with Crippen LogP contribution in [0.1, 0.15) is 33.6 Å². The second-order valence-electron chi connectivity index (χ2n) is 9.59. The van der Waals surface area contributed by atoms with Crippen molar-refractivity contribution in [3.8, 4) is 0 Å². The monoisotopic (exact) mass is 551 g/mol. The zero-order chi connectivity index (χ0) is 26.3. The van der Waals surface area contributed by atoms with Gasteiger partial charge in [-0.3, -0.25) is 4.79 Å². The Labute approximate surface area is 217 Å². The molecule has 36 heavy (non-hydrogen) atoms. The van der Waals surface area contributed by atoms with Crippen molar-refractivity contribution >= 4 is 60.7 Å². The van der Waals surface area contributed by atoms with Crippen LogP contribution in [-0.2, 0) is 25.8 Å². The lowest BCUT2D eigenvalue weighted by Gasteiger charge is -2.24. The van der Waals surface area contributed by atoms with Crippen LogP contribution in [0.25, 0.3) is 10.8 Å². The van der Waals surface area contributed by atoms with Crippen molar-refractivity contribution in [1.82, 2.24) is 4.31 Å². The molecule has 1 aliphatic heterocycles. The number of carbonyl (C=O) groups is 1. The molecule has 0 radical (unpaired) electrons.